The predicted octanol–water partition coefficient (Wildman–Crippen LogP) is 1.41. The first-order chi connectivity index (χ1) is 8.83. The van der Waals surface area contributed by atoms with Gasteiger partial charge in [-0.1, -0.05) is 0 Å². The number of pyridine rings is 2. The summed E-state index contributed by atoms with van der Waals surface area (Å²) < 4.78 is 1.60. The summed E-state index contributed by atoms with van der Waals surface area (Å²) in [5, 5.41) is 5.42. The van der Waals surface area contributed by atoms with E-state index in [2.05, 4.69) is 20.1 Å². The Hall–Kier alpha value is -2.76. The molecule has 6 heteroatoms. The molecule has 0 aromatic carbocycles. The molecule has 0 atom stereocenters. The highest BCUT2D eigenvalue weighted by Crippen LogP contribution is 2.22. The zero-order valence-electron chi connectivity index (χ0n) is 9.28. The molecule has 2 N–H and O–H groups in total. The smallest absolute Gasteiger partial charge is 0.221 e. The lowest BCUT2D eigenvalue weighted by molar-refractivity contribution is 0.956. The van der Waals surface area contributed by atoms with E-state index < -0.39 is 0 Å². The molecule has 18 heavy (non-hydrogen) atoms. The topological polar surface area (TPSA) is 82.0 Å². The van der Waals surface area contributed by atoms with Crippen LogP contribution < -0.4 is 5.73 Å². The molecule has 6 nitrogen and oxygen atoms in total. The van der Waals surface area contributed by atoms with E-state index in [9.17, 15) is 0 Å². The highest BCUT2D eigenvalue weighted by molar-refractivity contribution is 5.98. The van der Waals surface area contributed by atoms with Gasteiger partial charge in [-0.2, -0.15) is 9.61 Å². The summed E-state index contributed by atoms with van der Waals surface area (Å²) in [6.45, 7) is 0. The SMILES string of the molecule is Nc1nccc2c3nc4cnccc4cc3nn12. The van der Waals surface area contributed by atoms with E-state index in [1.54, 1.807) is 23.1 Å². The predicted molar refractivity (Wildman–Crippen MR) is 68.0 cm³/mol. The third-order valence-electron chi connectivity index (χ3n) is 2.93. The van der Waals surface area contributed by atoms with Gasteiger partial charge in [0.1, 0.15) is 11.0 Å². The molecule has 0 saturated heterocycles. The third kappa shape index (κ3) is 1.11. The lowest BCUT2D eigenvalue weighted by atomic mass is 10.2. The van der Waals surface area contributed by atoms with E-state index in [1.165, 1.54) is 0 Å². The Bertz CT molecular complexity index is 895. The number of aromatic nitrogens is 5. The van der Waals surface area contributed by atoms with Crippen LogP contribution in [0.4, 0.5) is 5.95 Å². The van der Waals surface area contributed by atoms with Crippen molar-refractivity contribution in [2.45, 2.75) is 0 Å². The molecule has 0 fully saturated rings. The summed E-state index contributed by atoms with van der Waals surface area (Å²) >= 11 is 0. The van der Waals surface area contributed by atoms with Gasteiger partial charge in [0, 0.05) is 17.8 Å². The monoisotopic (exact) mass is 236 g/mol. The summed E-state index contributed by atoms with van der Waals surface area (Å²) in [6.07, 6.45) is 5.13. The van der Waals surface area contributed by atoms with Crippen LogP contribution in [0.5, 0.6) is 0 Å². The van der Waals surface area contributed by atoms with Crippen molar-refractivity contribution >= 4 is 33.4 Å². The third-order valence-corrected chi connectivity index (χ3v) is 2.93. The van der Waals surface area contributed by atoms with E-state index in [0.29, 0.717) is 5.95 Å². The first-order valence-corrected chi connectivity index (χ1v) is 5.46. The Morgan fingerprint density at radius 2 is 2.06 bits per heavy atom. The van der Waals surface area contributed by atoms with Crippen molar-refractivity contribution in [1.82, 2.24) is 24.6 Å². The fraction of sp³-hybridized carbons (Fsp3) is 0. The quantitative estimate of drug-likeness (QED) is 0.499. The van der Waals surface area contributed by atoms with Crippen LogP contribution in [0.15, 0.2) is 36.8 Å². The molecule has 4 aromatic heterocycles. The van der Waals surface area contributed by atoms with E-state index in [-0.39, 0.29) is 0 Å². The Kier molecular flexibility index (Phi) is 1.62. The first kappa shape index (κ1) is 9.29. The fourth-order valence-corrected chi connectivity index (χ4v) is 2.10. The van der Waals surface area contributed by atoms with Crippen molar-refractivity contribution in [1.29, 1.82) is 0 Å². The van der Waals surface area contributed by atoms with E-state index >= 15 is 0 Å². The highest BCUT2D eigenvalue weighted by atomic mass is 15.3. The molecule has 4 rings (SSSR count). The maximum absolute atomic E-state index is 5.79. The molecule has 0 saturated carbocycles. The molecule has 0 radical (unpaired) electrons. The van der Waals surface area contributed by atoms with Gasteiger partial charge in [-0.25, -0.2) is 9.97 Å². The maximum atomic E-state index is 5.79. The van der Waals surface area contributed by atoms with Crippen molar-refractivity contribution in [3.8, 4) is 0 Å². The lowest BCUT2D eigenvalue weighted by Gasteiger charge is -1.96. The minimum Gasteiger partial charge on any atom is -0.368 e. The molecular formula is C12H8N6. The summed E-state index contributed by atoms with van der Waals surface area (Å²) in [5.74, 6) is 0.354. The van der Waals surface area contributed by atoms with Crippen LogP contribution in [-0.2, 0) is 0 Å². The summed E-state index contributed by atoms with van der Waals surface area (Å²) in [6, 6.07) is 5.74. The number of nitrogen functional groups attached to an aromatic ring is 1. The van der Waals surface area contributed by atoms with Crippen LogP contribution in [0, 0.1) is 0 Å². The van der Waals surface area contributed by atoms with Crippen LogP contribution in [0.1, 0.15) is 0 Å². The molecule has 0 aliphatic carbocycles. The minimum absolute atomic E-state index is 0.354. The fourth-order valence-electron chi connectivity index (χ4n) is 2.10. The van der Waals surface area contributed by atoms with Crippen LogP contribution in [0.3, 0.4) is 0 Å². The molecule has 0 bridgehead atoms. The Balaban J connectivity index is 2.27. The number of anilines is 1. The van der Waals surface area contributed by atoms with Gasteiger partial charge in [-0.05, 0) is 18.2 Å². The van der Waals surface area contributed by atoms with Crippen molar-refractivity contribution in [2.75, 3.05) is 5.73 Å². The molecule has 4 heterocycles. The van der Waals surface area contributed by atoms with Gasteiger partial charge in [0.2, 0.25) is 5.95 Å². The first-order valence-electron chi connectivity index (χ1n) is 5.46. The average molecular weight is 236 g/mol. The number of hydrogen-bond donors (Lipinski definition) is 1. The van der Waals surface area contributed by atoms with Gasteiger partial charge in [-0.3, -0.25) is 4.98 Å². The standard InChI is InChI=1S/C12H8N6/c13-12-15-4-2-10-11-8(17-18(10)12)5-7-1-3-14-6-9(7)16-11/h1-6H,(H2,13,15). The van der Waals surface area contributed by atoms with Gasteiger partial charge in [0.05, 0.1) is 17.2 Å². The normalized spacial score (nSPS) is 11.6. The number of hydrogen-bond acceptors (Lipinski definition) is 5. The van der Waals surface area contributed by atoms with Crippen LogP contribution >= 0.6 is 0 Å². The second kappa shape index (κ2) is 3.13. The van der Waals surface area contributed by atoms with Gasteiger partial charge in [-0.15, -0.1) is 0 Å². The number of nitrogens with two attached hydrogens (primary N) is 1. The number of fused-ring (bicyclic) bond motifs is 4. The molecule has 86 valence electrons. The second-order valence-electron chi connectivity index (χ2n) is 4.02. The Morgan fingerprint density at radius 3 is 3.00 bits per heavy atom. The zero-order chi connectivity index (χ0) is 12.1. The van der Waals surface area contributed by atoms with Crippen LogP contribution in [-0.4, -0.2) is 24.6 Å². The molecule has 4 aromatic rings. The van der Waals surface area contributed by atoms with E-state index in [4.69, 9.17) is 5.73 Å². The van der Waals surface area contributed by atoms with Gasteiger partial charge >= 0.3 is 0 Å². The minimum atomic E-state index is 0.354. The number of rotatable bonds is 0. The van der Waals surface area contributed by atoms with Crippen molar-refractivity contribution in [3.63, 3.8) is 0 Å². The highest BCUT2D eigenvalue weighted by Gasteiger charge is 2.09. The second-order valence-corrected chi connectivity index (χ2v) is 4.02. The van der Waals surface area contributed by atoms with Crippen molar-refractivity contribution in [2.24, 2.45) is 0 Å². The number of nitrogens with zero attached hydrogens (tertiary/aromatic N) is 5. The molecule has 0 amide bonds. The van der Waals surface area contributed by atoms with E-state index in [0.717, 1.165) is 27.5 Å². The van der Waals surface area contributed by atoms with Gasteiger partial charge in [0.25, 0.3) is 0 Å². The summed E-state index contributed by atoms with van der Waals surface area (Å²) in [4.78, 5) is 12.7. The van der Waals surface area contributed by atoms with Gasteiger partial charge in [0.15, 0.2) is 0 Å². The van der Waals surface area contributed by atoms with E-state index in [1.807, 2.05) is 18.2 Å². The summed E-state index contributed by atoms with van der Waals surface area (Å²) in [7, 11) is 0. The Labute approximate surface area is 101 Å². The van der Waals surface area contributed by atoms with Crippen LogP contribution in [0.2, 0.25) is 0 Å². The van der Waals surface area contributed by atoms with Crippen molar-refractivity contribution in [3.05, 3.63) is 36.8 Å². The van der Waals surface area contributed by atoms with Crippen molar-refractivity contribution < 1.29 is 0 Å². The molecular weight excluding hydrogens is 228 g/mol. The average Bonchev–Trinajstić information content (AvgIpc) is 2.76. The Morgan fingerprint density at radius 1 is 1.11 bits per heavy atom. The summed E-state index contributed by atoms with van der Waals surface area (Å²) in [5.41, 5.74) is 9.10. The molecule has 0 unspecified atom stereocenters. The molecule has 0 spiro atoms. The zero-order valence-corrected chi connectivity index (χ0v) is 9.28. The maximum Gasteiger partial charge on any atom is 0.221 e. The molecule has 0 aliphatic rings. The van der Waals surface area contributed by atoms with Crippen LogP contribution in [0.25, 0.3) is 27.5 Å². The largest absolute Gasteiger partial charge is 0.368 e. The molecule has 0 aliphatic heterocycles. The lowest BCUT2D eigenvalue weighted by Crippen LogP contribution is -2.00. The van der Waals surface area contributed by atoms with Gasteiger partial charge < -0.3 is 5.73 Å².